The van der Waals surface area contributed by atoms with Gasteiger partial charge in [-0.1, -0.05) is 30.3 Å². The van der Waals surface area contributed by atoms with E-state index < -0.39 is 0 Å². The van der Waals surface area contributed by atoms with Crippen LogP contribution in [0.3, 0.4) is 0 Å². The fourth-order valence-corrected chi connectivity index (χ4v) is 2.69. The highest BCUT2D eigenvalue weighted by atomic mass is 16.2. The van der Waals surface area contributed by atoms with Crippen molar-refractivity contribution in [1.82, 2.24) is 19.8 Å². The van der Waals surface area contributed by atoms with Gasteiger partial charge in [-0.25, -0.2) is 9.78 Å². The Morgan fingerprint density at radius 3 is 2.77 bits per heavy atom. The van der Waals surface area contributed by atoms with Crippen LogP contribution in [0.1, 0.15) is 22.6 Å². The highest BCUT2D eigenvalue weighted by Gasteiger charge is 2.28. The van der Waals surface area contributed by atoms with Gasteiger partial charge in [0.05, 0.1) is 24.3 Å². The molecule has 0 saturated carbocycles. The average Bonchev–Trinajstić information content (AvgIpc) is 2.91. The first-order valence-electron chi connectivity index (χ1n) is 7.17. The molecule has 1 aromatic carbocycles. The van der Waals surface area contributed by atoms with Crippen molar-refractivity contribution in [3.63, 3.8) is 0 Å². The molecule has 114 valence electrons. The quantitative estimate of drug-likeness (QED) is 0.916. The van der Waals surface area contributed by atoms with E-state index in [1.165, 1.54) is 0 Å². The van der Waals surface area contributed by atoms with Crippen molar-refractivity contribution in [3.8, 4) is 0 Å². The van der Waals surface area contributed by atoms with Crippen LogP contribution < -0.4 is 5.56 Å². The summed E-state index contributed by atoms with van der Waals surface area (Å²) in [4.78, 5) is 34.7. The van der Waals surface area contributed by atoms with Crippen molar-refractivity contribution in [1.29, 1.82) is 0 Å². The fraction of sp³-hybridized carbons (Fsp3) is 0.312. The number of carbonyl (C=O) groups is 1. The number of hydrogen-bond donors (Lipinski definition) is 1. The summed E-state index contributed by atoms with van der Waals surface area (Å²) in [6, 6.07) is 9.72. The average molecular weight is 298 g/mol. The van der Waals surface area contributed by atoms with E-state index in [0.717, 1.165) is 5.56 Å². The molecule has 0 saturated heterocycles. The van der Waals surface area contributed by atoms with Gasteiger partial charge in [0.2, 0.25) is 0 Å². The largest absolute Gasteiger partial charge is 0.323 e. The van der Waals surface area contributed by atoms with E-state index in [1.807, 2.05) is 30.3 Å². The van der Waals surface area contributed by atoms with E-state index >= 15 is 0 Å². The van der Waals surface area contributed by atoms with Crippen LogP contribution >= 0.6 is 0 Å². The molecule has 1 aliphatic heterocycles. The lowest BCUT2D eigenvalue weighted by Crippen LogP contribution is -2.37. The minimum Gasteiger partial charge on any atom is -0.323 e. The molecule has 1 aliphatic rings. The summed E-state index contributed by atoms with van der Waals surface area (Å²) in [5, 5.41) is 0. The van der Waals surface area contributed by atoms with Crippen molar-refractivity contribution in [2.24, 2.45) is 0 Å². The molecule has 0 spiro atoms. The third kappa shape index (κ3) is 2.72. The fourth-order valence-electron chi connectivity index (χ4n) is 2.69. The highest BCUT2D eigenvalue weighted by molar-refractivity contribution is 5.74. The van der Waals surface area contributed by atoms with Crippen LogP contribution in [0.25, 0.3) is 0 Å². The van der Waals surface area contributed by atoms with Gasteiger partial charge in [0, 0.05) is 13.6 Å². The predicted octanol–water partition coefficient (Wildman–Crippen LogP) is 1.65. The Kier molecular flexibility index (Phi) is 3.66. The molecule has 6 nitrogen and oxygen atoms in total. The third-order valence-electron chi connectivity index (χ3n) is 3.77. The topological polar surface area (TPSA) is 69.3 Å². The zero-order valence-electron chi connectivity index (χ0n) is 12.7. The van der Waals surface area contributed by atoms with E-state index in [4.69, 9.17) is 0 Å². The minimum absolute atomic E-state index is 0.0982. The van der Waals surface area contributed by atoms with Gasteiger partial charge in [0.1, 0.15) is 5.82 Å². The van der Waals surface area contributed by atoms with Gasteiger partial charge in [-0.2, -0.15) is 0 Å². The normalized spacial score (nSPS) is 13.1. The SMILES string of the molecule is Cc1nc2c(c(=O)[nH]1)CN(C(=O)N(C)Cc1ccccc1)C2. The molecular formula is C16H18N4O2. The summed E-state index contributed by atoms with van der Waals surface area (Å²) in [5.41, 5.74) is 2.21. The molecule has 0 bridgehead atoms. The number of nitrogens with one attached hydrogen (secondary N) is 1. The Bertz CT molecular complexity index is 754. The maximum absolute atomic E-state index is 12.5. The lowest BCUT2D eigenvalue weighted by molar-refractivity contribution is 0.160. The summed E-state index contributed by atoms with van der Waals surface area (Å²) >= 11 is 0. The van der Waals surface area contributed by atoms with E-state index in [2.05, 4.69) is 9.97 Å². The third-order valence-corrected chi connectivity index (χ3v) is 3.77. The Morgan fingerprint density at radius 2 is 2.05 bits per heavy atom. The molecule has 1 N–H and O–H groups in total. The second-order valence-electron chi connectivity index (χ2n) is 5.56. The Hall–Kier alpha value is -2.63. The molecule has 1 aromatic heterocycles. The number of aromatic amines is 1. The van der Waals surface area contributed by atoms with Crippen molar-refractivity contribution < 1.29 is 4.79 Å². The van der Waals surface area contributed by atoms with Crippen LogP contribution in [-0.4, -0.2) is 32.8 Å². The van der Waals surface area contributed by atoms with Gasteiger partial charge in [-0.3, -0.25) is 4.79 Å². The van der Waals surface area contributed by atoms with Crippen LogP contribution in [0.5, 0.6) is 0 Å². The maximum atomic E-state index is 12.5. The number of rotatable bonds is 2. The molecule has 3 rings (SSSR count). The van der Waals surface area contributed by atoms with Crippen LogP contribution in [-0.2, 0) is 19.6 Å². The van der Waals surface area contributed by atoms with Gasteiger partial charge in [-0.15, -0.1) is 0 Å². The number of amides is 2. The monoisotopic (exact) mass is 298 g/mol. The van der Waals surface area contributed by atoms with Crippen LogP contribution in [0.15, 0.2) is 35.1 Å². The number of H-pyrrole nitrogens is 1. The molecule has 0 atom stereocenters. The number of nitrogens with zero attached hydrogens (tertiary/aromatic N) is 3. The number of aromatic nitrogens is 2. The summed E-state index contributed by atoms with van der Waals surface area (Å²) in [5.74, 6) is 0.579. The minimum atomic E-state index is -0.150. The predicted molar refractivity (Wildman–Crippen MR) is 82.1 cm³/mol. The Morgan fingerprint density at radius 1 is 1.32 bits per heavy atom. The molecular weight excluding hydrogens is 280 g/mol. The molecule has 2 amide bonds. The summed E-state index contributed by atoms with van der Waals surface area (Å²) in [6.45, 7) is 2.98. The summed E-state index contributed by atoms with van der Waals surface area (Å²) in [7, 11) is 1.77. The maximum Gasteiger partial charge on any atom is 0.320 e. The number of benzene rings is 1. The van der Waals surface area contributed by atoms with Crippen molar-refractivity contribution in [2.75, 3.05) is 7.05 Å². The standard InChI is InChI=1S/C16H18N4O2/c1-11-17-14-10-20(9-13(14)15(21)18-11)16(22)19(2)8-12-6-4-3-5-7-12/h3-7H,8-10H2,1-2H3,(H,17,18,21). The molecule has 0 radical (unpaired) electrons. The van der Waals surface area contributed by atoms with Gasteiger partial charge >= 0.3 is 6.03 Å². The molecule has 0 aliphatic carbocycles. The first-order valence-corrected chi connectivity index (χ1v) is 7.17. The van der Waals surface area contributed by atoms with Crippen LogP contribution in [0.4, 0.5) is 4.79 Å². The van der Waals surface area contributed by atoms with Gasteiger partial charge in [0.15, 0.2) is 0 Å². The number of urea groups is 1. The zero-order valence-corrected chi connectivity index (χ0v) is 12.7. The summed E-state index contributed by atoms with van der Waals surface area (Å²) in [6.07, 6.45) is 0. The van der Waals surface area contributed by atoms with Crippen molar-refractivity contribution in [3.05, 3.63) is 63.3 Å². The number of hydrogen-bond acceptors (Lipinski definition) is 3. The molecule has 0 unspecified atom stereocenters. The Balaban J connectivity index is 1.72. The molecule has 2 heterocycles. The molecule has 0 fully saturated rings. The molecule has 6 heteroatoms. The van der Waals surface area contributed by atoms with Gasteiger partial charge < -0.3 is 14.8 Å². The smallest absolute Gasteiger partial charge is 0.320 e. The Labute approximate surface area is 128 Å². The lowest BCUT2D eigenvalue weighted by Gasteiger charge is -2.24. The molecule has 22 heavy (non-hydrogen) atoms. The lowest BCUT2D eigenvalue weighted by atomic mass is 10.2. The van der Waals surface area contributed by atoms with E-state index in [9.17, 15) is 9.59 Å². The van der Waals surface area contributed by atoms with E-state index in [-0.39, 0.29) is 11.6 Å². The van der Waals surface area contributed by atoms with Gasteiger partial charge in [-0.05, 0) is 12.5 Å². The second-order valence-corrected chi connectivity index (χ2v) is 5.56. The van der Waals surface area contributed by atoms with Crippen molar-refractivity contribution in [2.45, 2.75) is 26.6 Å². The second kappa shape index (κ2) is 5.63. The summed E-state index contributed by atoms with van der Waals surface area (Å²) < 4.78 is 0. The molecule has 2 aromatic rings. The van der Waals surface area contributed by atoms with Crippen molar-refractivity contribution >= 4 is 6.03 Å². The number of fused-ring (bicyclic) bond motifs is 1. The number of carbonyl (C=O) groups excluding carboxylic acids is 1. The van der Waals surface area contributed by atoms with Crippen LogP contribution in [0, 0.1) is 6.92 Å². The highest BCUT2D eigenvalue weighted by Crippen LogP contribution is 2.19. The van der Waals surface area contributed by atoms with E-state index in [0.29, 0.717) is 36.7 Å². The first kappa shape index (κ1) is 14.3. The van der Waals surface area contributed by atoms with Gasteiger partial charge in [0.25, 0.3) is 5.56 Å². The van der Waals surface area contributed by atoms with Crippen LogP contribution in [0.2, 0.25) is 0 Å². The first-order chi connectivity index (χ1) is 10.5. The number of aryl methyl sites for hydroxylation is 1. The van der Waals surface area contributed by atoms with E-state index in [1.54, 1.807) is 23.8 Å². The zero-order chi connectivity index (χ0) is 15.7.